The van der Waals surface area contributed by atoms with Crippen molar-refractivity contribution in [2.24, 2.45) is 0 Å². The van der Waals surface area contributed by atoms with Gasteiger partial charge in [-0.25, -0.2) is 0 Å². The molecule has 3 heterocycles. The summed E-state index contributed by atoms with van der Waals surface area (Å²) in [6.07, 6.45) is 7.83. The summed E-state index contributed by atoms with van der Waals surface area (Å²) in [6, 6.07) is 2.07. The summed E-state index contributed by atoms with van der Waals surface area (Å²) in [5, 5.41) is 10.5. The number of hydrogen-bond donors (Lipinski definition) is 2. The lowest BCUT2D eigenvalue weighted by atomic mass is 10.1. The van der Waals surface area contributed by atoms with E-state index in [9.17, 15) is 9.59 Å². The molecular formula is C17H28ClN5O2. The normalized spacial score (nSPS) is 20.6. The number of nitrogens with one attached hydrogen (secondary N) is 2. The molecule has 2 saturated heterocycles. The second-order valence-corrected chi connectivity index (χ2v) is 6.63. The summed E-state index contributed by atoms with van der Waals surface area (Å²) < 4.78 is 1.87. The number of aromatic nitrogens is 2. The van der Waals surface area contributed by atoms with Gasteiger partial charge in [-0.1, -0.05) is 0 Å². The molecule has 1 aromatic heterocycles. The Hall–Kier alpha value is -1.60. The van der Waals surface area contributed by atoms with Crippen LogP contribution in [0.5, 0.6) is 0 Å². The largest absolute Gasteiger partial charge is 0.350 e. The Balaban J connectivity index is 0.00000225. The number of likely N-dealkylation sites (tertiary alicyclic amines) is 1. The van der Waals surface area contributed by atoms with Gasteiger partial charge in [-0.2, -0.15) is 5.10 Å². The molecule has 8 heteroatoms. The number of carbonyl (C=O) groups is 2. The number of carbonyl (C=O) groups excluding carboxylic acids is 2. The maximum absolute atomic E-state index is 12.2. The highest BCUT2D eigenvalue weighted by Crippen LogP contribution is 2.15. The maximum Gasteiger partial charge on any atom is 0.271 e. The average molecular weight is 370 g/mol. The van der Waals surface area contributed by atoms with Gasteiger partial charge >= 0.3 is 0 Å². The topological polar surface area (TPSA) is 79.3 Å². The van der Waals surface area contributed by atoms with Crippen LogP contribution in [0.25, 0.3) is 0 Å². The fourth-order valence-electron chi connectivity index (χ4n) is 3.40. The first kappa shape index (κ1) is 19.7. The third kappa shape index (κ3) is 5.44. The molecule has 3 rings (SSSR count). The summed E-state index contributed by atoms with van der Waals surface area (Å²) >= 11 is 0. The number of hydrogen-bond acceptors (Lipinski definition) is 4. The summed E-state index contributed by atoms with van der Waals surface area (Å²) in [6.45, 7) is 4.02. The zero-order chi connectivity index (χ0) is 16.8. The van der Waals surface area contributed by atoms with Crippen LogP contribution in [0, 0.1) is 0 Å². The predicted molar refractivity (Wildman–Crippen MR) is 98.0 cm³/mol. The van der Waals surface area contributed by atoms with Crippen molar-refractivity contribution in [3.63, 3.8) is 0 Å². The summed E-state index contributed by atoms with van der Waals surface area (Å²) in [4.78, 5) is 26.1. The van der Waals surface area contributed by atoms with Gasteiger partial charge in [-0.3, -0.25) is 14.3 Å². The van der Waals surface area contributed by atoms with Gasteiger partial charge in [0.15, 0.2) is 0 Å². The first-order valence-electron chi connectivity index (χ1n) is 9.06. The molecule has 1 atom stereocenters. The van der Waals surface area contributed by atoms with Gasteiger partial charge < -0.3 is 15.5 Å². The van der Waals surface area contributed by atoms with Gasteiger partial charge in [-0.05, 0) is 44.7 Å². The monoisotopic (exact) mass is 369 g/mol. The molecule has 1 unspecified atom stereocenters. The second kappa shape index (κ2) is 9.77. The molecule has 0 bridgehead atoms. The minimum atomic E-state index is -0.205. The molecule has 2 N–H and O–H groups in total. The Morgan fingerprint density at radius 2 is 2.04 bits per heavy atom. The number of rotatable bonds is 5. The van der Waals surface area contributed by atoms with E-state index in [0.717, 1.165) is 51.9 Å². The van der Waals surface area contributed by atoms with E-state index in [-0.39, 0.29) is 24.2 Å². The molecule has 25 heavy (non-hydrogen) atoms. The van der Waals surface area contributed by atoms with Crippen molar-refractivity contribution in [2.75, 3.05) is 32.7 Å². The fourth-order valence-corrected chi connectivity index (χ4v) is 3.40. The van der Waals surface area contributed by atoms with Crippen molar-refractivity contribution in [2.45, 2.75) is 44.6 Å². The van der Waals surface area contributed by atoms with Gasteiger partial charge in [0, 0.05) is 38.8 Å². The molecule has 0 spiro atoms. The number of halogens is 1. The molecule has 7 nitrogen and oxygen atoms in total. The minimum absolute atomic E-state index is 0. The van der Waals surface area contributed by atoms with Crippen LogP contribution in [0.15, 0.2) is 12.3 Å². The van der Waals surface area contributed by atoms with Crippen molar-refractivity contribution in [1.29, 1.82) is 0 Å². The highest BCUT2D eigenvalue weighted by molar-refractivity contribution is 5.92. The van der Waals surface area contributed by atoms with Crippen LogP contribution in [0.3, 0.4) is 0 Å². The molecular weight excluding hydrogens is 342 g/mol. The maximum atomic E-state index is 12.2. The minimum Gasteiger partial charge on any atom is -0.350 e. The quantitative estimate of drug-likeness (QED) is 0.821. The predicted octanol–water partition coefficient (Wildman–Crippen LogP) is 1.36. The lowest BCUT2D eigenvalue weighted by molar-refractivity contribution is -0.131. The third-order valence-corrected chi connectivity index (χ3v) is 4.82. The van der Waals surface area contributed by atoms with E-state index in [1.165, 1.54) is 6.42 Å². The summed E-state index contributed by atoms with van der Waals surface area (Å²) in [5.74, 6) is -0.0715. The highest BCUT2D eigenvalue weighted by atomic mass is 35.5. The van der Waals surface area contributed by atoms with Crippen LogP contribution in [-0.4, -0.2) is 59.2 Å². The smallest absolute Gasteiger partial charge is 0.271 e. The zero-order valence-electron chi connectivity index (χ0n) is 14.6. The average Bonchev–Trinajstić information content (AvgIpc) is 3.13. The molecule has 1 aromatic rings. The van der Waals surface area contributed by atoms with Crippen molar-refractivity contribution in [3.8, 4) is 0 Å². The Bertz CT molecular complexity index is 565. The molecule has 140 valence electrons. The second-order valence-electron chi connectivity index (χ2n) is 6.63. The Labute approximate surface area is 154 Å². The van der Waals surface area contributed by atoms with Crippen molar-refractivity contribution >= 4 is 24.2 Å². The van der Waals surface area contributed by atoms with Crippen LogP contribution >= 0.6 is 12.4 Å². The van der Waals surface area contributed by atoms with Crippen LogP contribution < -0.4 is 10.6 Å². The lowest BCUT2D eigenvalue weighted by Crippen LogP contribution is -2.37. The molecule has 0 aromatic carbocycles. The molecule has 0 radical (unpaired) electrons. The SMILES string of the molecule is Cl.O=C(NCCC(=O)N1CCCCC1)c1ccn(C2CCCNC2)n1. The molecule has 0 saturated carbocycles. The Morgan fingerprint density at radius 3 is 2.76 bits per heavy atom. The van der Waals surface area contributed by atoms with Crippen molar-refractivity contribution in [1.82, 2.24) is 25.3 Å². The number of amides is 2. The number of nitrogens with zero attached hydrogens (tertiary/aromatic N) is 3. The summed E-state index contributed by atoms with van der Waals surface area (Å²) in [5.41, 5.74) is 0.422. The van der Waals surface area contributed by atoms with E-state index < -0.39 is 0 Å². The zero-order valence-corrected chi connectivity index (χ0v) is 15.4. The van der Waals surface area contributed by atoms with Crippen LogP contribution in [0.1, 0.15) is 55.1 Å². The first-order valence-corrected chi connectivity index (χ1v) is 9.06. The van der Waals surface area contributed by atoms with E-state index >= 15 is 0 Å². The van der Waals surface area contributed by atoms with E-state index in [4.69, 9.17) is 0 Å². The van der Waals surface area contributed by atoms with Gasteiger partial charge in [0.25, 0.3) is 5.91 Å². The first-order chi connectivity index (χ1) is 11.7. The molecule has 2 aliphatic heterocycles. The van der Waals surface area contributed by atoms with E-state index in [1.807, 2.05) is 15.8 Å². The fraction of sp³-hybridized carbons (Fsp3) is 0.706. The van der Waals surface area contributed by atoms with Crippen molar-refractivity contribution in [3.05, 3.63) is 18.0 Å². The van der Waals surface area contributed by atoms with Gasteiger partial charge in [0.1, 0.15) is 5.69 Å². The van der Waals surface area contributed by atoms with Crippen LogP contribution in [-0.2, 0) is 4.79 Å². The van der Waals surface area contributed by atoms with Crippen LogP contribution in [0.2, 0.25) is 0 Å². The van der Waals surface area contributed by atoms with Crippen LogP contribution in [0.4, 0.5) is 0 Å². The van der Waals surface area contributed by atoms with E-state index in [1.54, 1.807) is 6.07 Å². The molecule has 2 aliphatic rings. The standard InChI is InChI=1S/C17H27N5O2.ClH/c23-16(21-10-2-1-3-11-21)6-9-19-17(24)15-7-12-22(20-15)14-5-4-8-18-13-14;/h7,12,14,18H,1-6,8-11,13H2,(H,19,24);1H. The molecule has 0 aliphatic carbocycles. The van der Waals surface area contributed by atoms with Gasteiger partial charge in [0.05, 0.1) is 6.04 Å². The third-order valence-electron chi connectivity index (χ3n) is 4.82. The van der Waals surface area contributed by atoms with E-state index in [0.29, 0.717) is 24.7 Å². The Kier molecular flexibility index (Phi) is 7.71. The summed E-state index contributed by atoms with van der Waals surface area (Å²) in [7, 11) is 0. The highest BCUT2D eigenvalue weighted by Gasteiger charge is 2.19. The molecule has 2 amide bonds. The lowest BCUT2D eigenvalue weighted by Gasteiger charge is -2.26. The Morgan fingerprint density at radius 1 is 1.24 bits per heavy atom. The van der Waals surface area contributed by atoms with E-state index in [2.05, 4.69) is 15.7 Å². The van der Waals surface area contributed by atoms with Gasteiger partial charge in [0.2, 0.25) is 5.91 Å². The van der Waals surface area contributed by atoms with Gasteiger partial charge in [-0.15, -0.1) is 12.4 Å². The molecule has 2 fully saturated rings. The van der Waals surface area contributed by atoms with Crippen molar-refractivity contribution < 1.29 is 9.59 Å². The number of piperidine rings is 2.